The molecule has 0 fully saturated rings. The molecule has 0 aliphatic carbocycles. The molecule has 1 aliphatic heterocycles. The van der Waals surface area contributed by atoms with Crippen LogP contribution in [0, 0.1) is 0 Å². The molecule has 1 rings (SSSR count). The molecule has 1 heterocycles. The molecule has 0 aromatic carbocycles. The van der Waals surface area contributed by atoms with Crippen LogP contribution in [0.25, 0.3) is 0 Å². The van der Waals surface area contributed by atoms with Crippen molar-refractivity contribution < 1.29 is 14.5 Å². The Bertz CT molecular complexity index is 142. The van der Waals surface area contributed by atoms with Gasteiger partial charge in [0.15, 0.2) is 0 Å². The van der Waals surface area contributed by atoms with Gasteiger partial charge < -0.3 is 5.11 Å². The fraction of sp³-hybridized carbons (Fsp3) is 0.333. The Morgan fingerprint density at radius 1 is 2.00 bits per heavy atom. The molecule has 0 spiro atoms. The quantitative estimate of drug-likeness (QED) is 0.347. The average molecular weight is 118 g/mol. The van der Waals surface area contributed by atoms with E-state index in [1.165, 1.54) is 6.21 Å². The standard InChI is InChI=1S/C3H3NO2S/c5-3(6)4-1-2(4)7/h1-2H,(H-,5,6,7)/p+1. The molecule has 0 radical (unpaired) electrons. The van der Waals surface area contributed by atoms with Crippen LogP contribution < -0.4 is 0 Å². The molecule has 0 saturated carbocycles. The van der Waals surface area contributed by atoms with Crippen LogP contribution in [-0.4, -0.2) is 27.4 Å². The lowest BCUT2D eigenvalue weighted by Gasteiger charge is -1.69. The van der Waals surface area contributed by atoms with E-state index in [-0.39, 0.29) is 5.37 Å². The van der Waals surface area contributed by atoms with Gasteiger partial charge >= 0.3 is 6.09 Å². The number of nitrogens with zero attached hydrogens (tertiary/aromatic N) is 1. The van der Waals surface area contributed by atoms with Gasteiger partial charge in [-0.3, -0.25) is 0 Å². The second kappa shape index (κ2) is 1.23. The number of thiol groups is 1. The molecule has 4 heteroatoms. The molecule has 1 N–H and O–H groups in total. The highest BCUT2D eigenvalue weighted by Crippen LogP contribution is 2.05. The Balaban J connectivity index is 2.48. The van der Waals surface area contributed by atoms with Crippen LogP contribution in [0.1, 0.15) is 0 Å². The first-order valence-electron chi connectivity index (χ1n) is 1.76. The van der Waals surface area contributed by atoms with E-state index in [2.05, 4.69) is 12.6 Å². The van der Waals surface area contributed by atoms with Gasteiger partial charge in [-0.2, -0.15) is 4.79 Å². The summed E-state index contributed by atoms with van der Waals surface area (Å²) in [5, 5.41) is 7.91. The Hall–Kier alpha value is -0.510. The number of hydrogen-bond donors (Lipinski definition) is 2. The monoisotopic (exact) mass is 118 g/mol. The normalized spacial score (nSPS) is 26.4. The van der Waals surface area contributed by atoms with Gasteiger partial charge in [-0.05, 0) is 0 Å². The summed E-state index contributed by atoms with van der Waals surface area (Å²) < 4.78 is 1.11. The first-order valence-corrected chi connectivity index (χ1v) is 2.28. The van der Waals surface area contributed by atoms with E-state index in [1.54, 1.807) is 0 Å². The van der Waals surface area contributed by atoms with Crippen molar-refractivity contribution in [3.05, 3.63) is 0 Å². The Kier molecular flexibility index (Phi) is 0.815. The largest absolute Gasteiger partial charge is 0.595 e. The number of rotatable bonds is 0. The molecule has 7 heavy (non-hydrogen) atoms. The highest BCUT2D eigenvalue weighted by atomic mass is 32.1. The van der Waals surface area contributed by atoms with Gasteiger partial charge in [-0.15, -0.1) is 4.58 Å². The van der Waals surface area contributed by atoms with Crippen LogP contribution in [0.5, 0.6) is 0 Å². The lowest BCUT2D eigenvalue weighted by Crippen LogP contribution is -2.04. The Morgan fingerprint density at radius 3 is 2.43 bits per heavy atom. The molecule has 1 aliphatic rings. The zero-order valence-electron chi connectivity index (χ0n) is 3.40. The summed E-state index contributed by atoms with van der Waals surface area (Å²) in [7, 11) is 0. The molecular weight excluding hydrogens is 114 g/mol. The molecular formula is C3H4NO2S+. The van der Waals surface area contributed by atoms with E-state index in [0.29, 0.717) is 0 Å². The zero-order valence-corrected chi connectivity index (χ0v) is 4.30. The fourth-order valence-corrected chi connectivity index (χ4v) is 0.524. The lowest BCUT2D eigenvalue weighted by atomic mass is 10.9. The van der Waals surface area contributed by atoms with Crippen LogP contribution in [0.2, 0.25) is 0 Å². The van der Waals surface area contributed by atoms with Crippen molar-refractivity contribution in [1.82, 2.24) is 0 Å². The molecule has 0 aromatic heterocycles. The van der Waals surface area contributed by atoms with Gasteiger partial charge in [-0.1, -0.05) is 12.6 Å². The van der Waals surface area contributed by atoms with Crippen molar-refractivity contribution in [3.63, 3.8) is 0 Å². The molecule has 1 unspecified atom stereocenters. The summed E-state index contributed by atoms with van der Waals surface area (Å²) in [6.45, 7) is 0. The molecule has 0 saturated heterocycles. The molecule has 0 bridgehead atoms. The molecule has 1 amide bonds. The molecule has 1 atom stereocenters. The third-order valence-electron chi connectivity index (χ3n) is 0.710. The second-order valence-corrected chi connectivity index (χ2v) is 1.78. The van der Waals surface area contributed by atoms with Crippen LogP contribution in [0.15, 0.2) is 0 Å². The Labute approximate surface area is 45.7 Å². The zero-order chi connectivity index (χ0) is 5.44. The first-order chi connectivity index (χ1) is 3.22. The molecule has 38 valence electrons. The number of carbonyl (C=O) groups is 1. The fourth-order valence-electron chi connectivity index (χ4n) is 0.282. The molecule has 3 nitrogen and oxygen atoms in total. The van der Waals surface area contributed by atoms with E-state index in [4.69, 9.17) is 5.11 Å². The van der Waals surface area contributed by atoms with Crippen molar-refractivity contribution in [3.8, 4) is 0 Å². The van der Waals surface area contributed by atoms with Crippen molar-refractivity contribution in [2.45, 2.75) is 5.37 Å². The van der Waals surface area contributed by atoms with Crippen LogP contribution in [0.4, 0.5) is 4.79 Å². The summed E-state index contributed by atoms with van der Waals surface area (Å²) in [4.78, 5) is 9.82. The highest BCUT2D eigenvalue weighted by Gasteiger charge is 2.38. The minimum absolute atomic E-state index is 0.155. The first kappa shape index (κ1) is 4.64. The maximum Gasteiger partial charge on any atom is 0.595 e. The van der Waals surface area contributed by atoms with Crippen LogP contribution in [-0.2, 0) is 0 Å². The van der Waals surface area contributed by atoms with E-state index in [9.17, 15) is 4.79 Å². The minimum Gasteiger partial charge on any atom is -0.427 e. The van der Waals surface area contributed by atoms with E-state index >= 15 is 0 Å². The number of carboxylic acid groups (broad SMARTS) is 1. The summed E-state index contributed by atoms with van der Waals surface area (Å²) in [6, 6.07) is 0. The van der Waals surface area contributed by atoms with Gasteiger partial charge in [-0.25, -0.2) is 0 Å². The van der Waals surface area contributed by atoms with Crippen molar-refractivity contribution >= 4 is 24.9 Å². The van der Waals surface area contributed by atoms with E-state index in [1.807, 2.05) is 0 Å². The maximum atomic E-state index is 9.82. The number of amides is 1. The highest BCUT2D eigenvalue weighted by molar-refractivity contribution is 7.81. The summed E-state index contributed by atoms with van der Waals surface area (Å²) >= 11 is 3.80. The predicted octanol–water partition coefficient (Wildman–Crippen LogP) is 0.0172. The van der Waals surface area contributed by atoms with Gasteiger partial charge in [0, 0.05) is 0 Å². The van der Waals surface area contributed by atoms with Crippen molar-refractivity contribution in [2.75, 3.05) is 0 Å². The van der Waals surface area contributed by atoms with Gasteiger partial charge in [0.2, 0.25) is 6.21 Å². The van der Waals surface area contributed by atoms with Crippen LogP contribution in [0.3, 0.4) is 0 Å². The van der Waals surface area contributed by atoms with Crippen molar-refractivity contribution in [2.24, 2.45) is 0 Å². The Morgan fingerprint density at radius 2 is 2.43 bits per heavy atom. The van der Waals surface area contributed by atoms with E-state index < -0.39 is 6.09 Å². The summed E-state index contributed by atoms with van der Waals surface area (Å²) in [5.74, 6) is 0. The predicted molar refractivity (Wildman–Crippen MR) is 27.1 cm³/mol. The maximum absolute atomic E-state index is 9.82. The van der Waals surface area contributed by atoms with Gasteiger partial charge in [0.05, 0.1) is 0 Å². The smallest absolute Gasteiger partial charge is 0.427 e. The van der Waals surface area contributed by atoms with Crippen molar-refractivity contribution in [1.29, 1.82) is 0 Å². The average Bonchev–Trinajstić information content (AvgIpc) is 2.17. The minimum atomic E-state index is -0.931. The molecule has 0 aromatic rings. The van der Waals surface area contributed by atoms with Crippen LogP contribution >= 0.6 is 12.6 Å². The number of hydrogen-bond acceptors (Lipinski definition) is 2. The second-order valence-electron chi connectivity index (χ2n) is 1.25. The third-order valence-corrected chi connectivity index (χ3v) is 1.09. The lowest BCUT2D eigenvalue weighted by molar-refractivity contribution is -0.362. The van der Waals surface area contributed by atoms with Gasteiger partial charge in [0.25, 0.3) is 5.37 Å². The van der Waals surface area contributed by atoms with E-state index in [0.717, 1.165) is 4.58 Å². The topological polar surface area (TPSA) is 40.3 Å². The summed E-state index contributed by atoms with van der Waals surface area (Å²) in [5.41, 5.74) is 0. The third kappa shape index (κ3) is 0.742. The SMILES string of the molecule is O=C(O)[N+]1=CC1S. The summed E-state index contributed by atoms with van der Waals surface area (Å²) in [6.07, 6.45) is 0.575. The van der Waals surface area contributed by atoms with Gasteiger partial charge in [0.1, 0.15) is 0 Å².